The predicted molar refractivity (Wildman–Crippen MR) is 130 cm³/mol. The number of unbranched alkanes of at least 4 members (excludes halogenated alkanes) is 21. The summed E-state index contributed by atoms with van der Waals surface area (Å²) in [6.45, 7) is 2.38. The van der Waals surface area contributed by atoms with Gasteiger partial charge in [0, 0.05) is 0 Å². The molecule has 0 amide bonds. The van der Waals surface area contributed by atoms with Crippen LogP contribution in [-0.4, -0.2) is 19.6 Å². The first-order valence-electron chi connectivity index (χ1n) is 12.7. The van der Waals surface area contributed by atoms with Gasteiger partial charge in [-0.05, 0) is 6.42 Å². The highest BCUT2D eigenvalue weighted by atomic mass is 32.3. The lowest BCUT2D eigenvalue weighted by atomic mass is 10.0. The second-order valence-electron chi connectivity index (χ2n) is 8.67. The molecular formula is C24H53NO4S. The van der Waals surface area contributed by atoms with Crippen molar-refractivity contribution in [3.63, 3.8) is 0 Å². The predicted octanol–water partition coefficient (Wildman–Crippen LogP) is 8.57. The van der Waals surface area contributed by atoms with Crippen molar-refractivity contribution in [2.45, 2.75) is 148 Å². The minimum Gasteiger partial charge on any atom is -0.344 e. The quantitative estimate of drug-likeness (QED) is 0.113. The molecule has 30 heavy (non-hydrogen) atoms. The van der Waals surface area contributed by atoms with Crippen LogP contribution < -0.4 is 6.15 Å². The third-order valence-electron chi connectivity index (χ3n) is 5.73. The lowest BCUT2D eigenvalue weighted by Gasteiger charge is -2.04. The van der Waals surface area contributed by atoms with Crippen molar-refractivity contribution in [2.24, 2.45) is 0 Å². The summed E-state index contributed by atoms with van der Waals surface area (Å²) in [5.74, 6) is 0. The molecule has 0 aliphatic heterocycles. The molecule has 0 aromatic carbocycles. The van der Waals surface area contributed by atoms with Crippen LogP contribution in [0.1, 0.15) is 148 Å². The van der Waals surface area contributed by atoms with Crippen LogP contribution in [0.25, 0.3) is 0 Å². The SMILES string of the molecule is CCCCCCCCCCCCCCCCCCCCCCCCOS(=O)(=O)O.N. The molecule has 0 fully saturated rings. The molecule has 0 unspecified atom stereocenters. The Morgan fingerprint density at radius 2 is 0.733 bits per heavy atom. The van der Waals surface area contributed by atoms with E-state index in [9.17, 15) is 8.42 Å². The first-order chi connectivity index (χ1) is 14.1. The molecule has 5 nitrogen and oxygen atoms in total. The summed E-state index contributed by atoms with van der Waals surface area (Å²) in [6, 6.07) is 0. The van der Waals surface area contributed by atoms with Crippen molar-refractivity contribution in [2.75, 3.05) is 6.61 Å². The summed E-state index contributed by atoms with van der Waals surface area (Å²) < 4.78 is 33.5. The zero-order chi connectivity index (χ0) is 21.5. The average molecular weight is 452 g/mol. The first kappa shape index (κ1) is 32.0. The largest absolute Gasteiger partial charge is 0.397 e. The van der Waals surface area contributed by atoms with Crippen LogP contribution in [-0.2, 0) is 14.6 Å². The standard InChI is InChI=1S/C24H50O4S.H3N/c1-2-3-4-5-6-7-8-9-10-11-12-13-14-15-16-17-18-19-20-21-22-23-24-28-29(25,26)27;/h2-24H2,1H3,(H,25,26,27);1H3. The van der Waals surface area contributed by atoms with Gasteiger partial charge in [0.15, 0.2) is 0 Å². The van der Waals surface area contributed by atoms with Gasteiger partial charge in [-0.25, -0.2) is 4.18 Å². The fourth-order valence-electron chi connectivity index (χ4n) is 3.88. The van der Waals surface area contributed by atoms with Gasteiger partial charge >= 0.3 is 10.4 Å². The Morgan fingerprint density at radius 3 is 0.967 bits per heavy atom. The normalized spacial score (nSPS) is 11.5. The van der Waals surface area contributed by atoms with Gasteiger partial charge in [-0.3, -0.25) is 4.55 Å². The maximum absolute atomic E-state index is 10.4. The van der Waals surface area contributed by atoms with Crippen molar-refractivity contribution in [1.29, 1.82) is 0 Å². The molecule has 6 heteroatoms. The summed E-state index contributed by atoms with van der Waals surface area (Å²) in [5, 5.41) is 0. The van der Waals surface area contributed by atoms with Crippen LogP contribution in [0.3, 0.4) is 0 Å². The van der Waals surface area contributed by atoms with E-state index in [2.05, 4.69) is 11.1 Å². The minimum absolute atomic E-state index is 0. The van der Waals surface area contributed by atoms with Gasteiger partial charge in [-0.15, -0.1) is 0 Å². The van der Waals surface area contributed by atoms with E-state index in [0.29, 0.717) is 6.42 Å². The van der Waals surface area contributed by atoms with Crippen LogP contribution in [0.2, 0.25) is 0 Å². The Bertz CT molecular complexity index is 415. The number of hydrogen-bond acceptors (Lipinski definition) is 4. The molecule has 4 N–H and O–H groups in total. The monoisotopic (exact) mass is 451 g/mol. The fraction of sp³-hybridized carbons (Fsp3) is 1.00. The van der Waals surface area contributed by atoms with E-state index in [1.807, 2.05) is 0 Å². The maximum atomic E-state index is 10.4. The van der Waals surface area contributed by atoms with Crippen molar-refractivity contribution < 1.29 is 17.2 Å². The van der Waals surface area contributed by atoms with Crippen LogP contribution in [0.5, 0.6) is 0 Å². The van der Waals surface area contributed by atoms with E-state index in [0.717, 1.165) is 12.8 Å². The molecule has 0 aromatic rings. The van der Waals surface area contributed by atoms with Crippen molar-refractivity contribution in [3.05, 3.63) is 0 Å². The molecule has 0 radical (unpaired) electrons. The van der Waals surface area contributed by atoms with E-state index in [1.165, 1.54) is 122 Å². The summed E-state index contributed by atoms with van der Waals surface area (Å²) >= 11 is 0. The van der Waals surface area contributed by atoms with Gasteiger partial charge < -0.3 is 6.15 Å². The molecule has 184 valence electrons. The topological polar surface area (TPSA) is 98.6 Å². The highest BCUT2D eigenvalue weighted by molar-refractivity contribution is 7.80. The van der Waals surface area contributed by atoms with Crippen molar-refractivity contribution >= 4 is 10.4 Å². The van der Waals surface area contributed by atoms with Gasteiger partial charge in [0.1, 0.15) is 0 Å². The van der Waals surface area contributed by atoms with E-state index in [-0.39, 0.29) is 12.8 Å². The van der Waals surface area contributed by atoms with E-state index in [1.54, 1.807) is 0 Å². The van der Waals surface area contributed by atoms with Crippen LogP contribution in [0.15, 0.2) is 0 Å². The van der Waals surface area contributed by atoms with Crippen LogP contribution in [0.4, 0.5) is 0 Å². The van der Waals surface area contributed by atoms with Gasteiger partial charge in [-0.2, -0.15) is 8.42 Å². The molecule has 0 bridgehead atoms. The Hall–Kier alpha value is -0.170. The molecule has 0 saturated carbocycles. The van der Waals surface area contributed by atoms with Gasteiger partial charge in [0.25, 0.3) is 0 Å². The van der Waals surface area contributed by atoms with Crippen LogP contribution >= 0.6 is 0 Å². The zero-order valence-electron chi connectivity index (χ0n) is 20.1. The molecule has 0 heterocycles. The Labute approximate surface area is 188 Å². The molecular weight excluding hydrogens is 398 g/mol. The summed E-state index contributed by atoms with van der Waals surface area (Å²) in [4.78, 5) is 0. The Balaban J connectivity index is 0. The highest BCUT2D eigenvalue weighted by Gasteiger charge is 2.02. The van der Waals surface area contributed by atoms with E-state index in [4.69, 9.17) is 4.55 Å². The summed E-state index contributed by atoms with van der Waals surface area (Å²) in [5.41, 5.74) is 0. The second-order valence-corrected chi connectivity index (χ2v) is 9.77. The van der Waals surface area contributed by atoms with Gasteiger partial charge in [-0.1, -0.05) is 142 Å². The molecule has 0 aromatic heterocycles. The Kier molecular flexibility index (Phi) is 26.8. The van der Waals surface area contributed by atoms with E-state index < -0.39 is 10.4 Å². The molecule has 0 aliphatic rings. The number of rotatable bonds is 24. The minimum atomic E-state index is -4.25. The lowest BCUT2D eigenvalue weighted by Crippen LogP contribution is -2.04. The fourth-order valence-corrected chi connectivity index (χ4v) is 4.20. The number of hydrogen-bond donors (Lipinski definition) is 2. The third kappa shape index (κ3) is 30.0. The lowest BCUT2D eigenvalue weighted by molar-refractivity contribution is 0.261. The summed E-state index contributed by atoms with van der Waals surface area (Å²) in [6.07, 6.45) is 29.3. The van der Waals surface area contributed by atoms with Crippen molar-refractivity contribution in [1.82, 2.24) is 6.15 Å². The van der Waals surface area contributed by atoms with Gasteiger partial charge in [0.05, 0.1) is 6.61 Å². The van der Waals surface area contributed by atoms with Crippen LogP contribution in [0, 0.1) is 0 Å². The van der Waals surface area contributed by atoms with Crippen molar-refractivity contribution in [3.8, 4) is 0 Å². The third-order valence-corrected chi connectivity index (χ3v) is 6.19. The maximum Gasteiger partial charge on any atom is 0.397 e. The first-order valence-corrected chi connectivity index (χ1v) is 14.0. The molecule has 0 aliphatic carbocycles. The average Bonchev–Trinajstić information content (AvgIpc) is 2.67. The molecule has 0 saturated heterocycles. The smallest absolute Gasteiger partial charge is 0.344 e. The Morgan fingerprint density at radius 1 is 0.500 bits per heavy atom. The molecule has 0 atom stereocenters. The van der Waals surface area contributed by atoms with E-state index >= 15 is 0 Å². The summed E-state index contributed by atoms with van der Waals surface area (Å²) in [7, 11) is -4.25. The highest BCUT2D eigenvalue weighted by Crippen LogP contribution is 2.15. The molecule has 0 rings (SSSR count). The zero-order valence-corrected chi connectivity index (χ0v) is 20.9. The second kappa shape index (κ2) is 25.1. The molecule has 0 spiro atoms. The van der Waals surface area contributed by atoms with Gasteiger partial charge in [0.2, 0.25) is 0 Å².